The van der Waals surface area contributed by atoms with Gasteiger partial charge in [-0.15, -0.1) is 0 Å². The van der Waals surface area contributed by atoms with Gasteiger partial charge in [0.15, 0.2) is 0 Å². The maximum absolute atomic E-state index is 11.8. The van der Waals surface area contributed by atoms with Gasteiger partial charge in [-0.05, 0) is 19.3 Å². The first-order chi connectivity index (χ1) is 7.75. The predicted octanol–water partition coefficient (Wildman–Crippen LogP) is 3.15. The highest BCUT2D eigenvalue weighted by Crippen LogP contribution is 2.20. The molecule has 16 heavy (non-hydrogen) atoms. The fourth-order valence-electron chi connectivity index (χ4n) is 2.31. The Bertz CT molecular complexity index is 198. The van der Waals surface area contributed by atoms with E-state index in [1.807, 2.05) is 11.9 Å². The highest BCUT2D eigenvalue weighted by Gasteiger charge is 2.20. The number of nitrogens with one attached hydrogen (secondary N) is 1. The summed E-state index contributed by atoms with van der Waals surface area (Å²) in [4.78, 5) is 13.8. The summed E-state index contributed by atoms with van der Waals surface area (Å²) in [5.41, 5.74) is 0. The zero-order chi connectivity index (χ0) is 11.8. The standard InChI is InChI=1S/C13H26N2O/c1-3-4-11-14-13(16)15(2)12-9-7-5-6-8-10-12/h12H,3-11H2,1-2H3,(H,14,16). The van der Waals surface area contributed by atoms with E-state index in [-0.39, 0.29) is 6.03 Å². The van der Waals surface area contributed by atoms with Crippen LogP contribution in [0.4, 0.5) is 4.79 Å². The molecule has 0 atom stereocenters. The molecule has 0 aromatic rings. The van der Waals surface area contributed by atoms with Gasteiger partial charge < -0.3 is 10.2 Å². The Hall–Kier alpha value is -0.730. The number of hydrogen-bond acceptors (Lipinski definition) is 1. The van der Waals surface area contributed by atoms with E-state index in [2.05, 4.69) is 12.2 Å². The molecule has 0 unspecified atom stereocenters. The summed E-state index contributed by atoms with van der Waals surface area (Å²) >= 11 is 0. The number of carbonyl (C=O) groups is 1. The smallest absolute Gasteiger partial charge is 0.317 e. The Morgan fingerprint density at radius 1 is 1.25 bits per heavy atom. The van der Waals surface area contributed by atoms with Crippen molar-refractivity contribution in [3.8, 4) is 0 Å². The molecule has 0 aliphatic heterocycles. The Kier molecular flexibility index (Phi) is 6.27. The number of rotatable bonds is 4. The van der Waals surface area contributed by atoms with Crippen molar-refractivity contribution < 1.29 is 4.79 Å². The normalized spacial score (nSPS) is 17.9. The summed E-state index contributed by atoms with van der Waals surface area (Å²) in [6.07, 6.45) is 9.78. The third kappa shape index (κ3) is 4.42. The average Bonchev–Trinajstić information content (AvgIpc) is 2.56. The third-order valence-electron chi connectivity index (χ3n) is 3.50. The number of urea groups is 1. The molecule has 0 aromatic heterocycles. The summed E-state index contributed by atoms with van der Waals surface area (Å²) < 4.78 is 0. The van der Waals surface area contributed by atoms with E-state index in [1.165, 1.54) is 38.5 Å². The van der Waals surface area contributed by atoms with Gasteiger partial charge in [0.25, 0.3) is 0 Å². The molecule has 3 heteroatoms. The fraction of sp³-hybridized carbons (Fsp3) is 0.923. The molecule has 1 fully saturated rings. The third-order valence-corrected chi connectivity index (χ3v) is 3.50. The fourth-order valence-corrected chi connectivity index (χ4v) is 2.31. The average molecular weight is 226 g/mol. The molecule has 0 bridgehead atoms. The zero-order valence-corrected chi connectivity index (χ0v) is 10.8. The topological polar surface area (TPSA) is 32.3 Å². The van der Waals surface area contributed by atoms with Crippen LogP contribution in [0.25, 0.3) is 0 Å². The summed E-state index contributed by atoms with van der Waals surface area (Å²) in [5, 5.41) is 2.99. The molecule has 0 saturated heterocycles. The minimum Gasteiger partial charge on any atom is -0.338 e. The van der Waals surface area contributed by atoms with Crippen LogP contribution in [-0.4, -0.2) is 30.6 Å². The molecule has 0 aromatic carbocycles. The van der Waals surface area contributed by atoms with Crippen molar-refractivity contribution in [2.24, 2.45) is 0 Å². The maximum atomic E-state index is 11.8. The lowest BCUT2D eigenvalue weighted by atomic mass is 10.1. The Morgan fingerprint density at radius 2 is 1.88 bits per heavy atom. The van der Waals surface area contributed by atoms with Crippen molar-refractivity contribution in [2.45, 2.75) is 64.3 Å². The van der Waals surface area contributed by atoms with Gasteiger partial charge in [-0.2, -0.15) is 0 Å². The van der Waals surface area contributed by atoms with Crippen molar-refractivity contribution in [1.29, 1.82) is 0 Å². The molecule has 94 valence electrons. The summed E-state index contributed by atoms with van der Waals surface area (Å²) in [5.74, 6) is 0. The van der Waals surface area contributed by atoms with Gasteiger partial charge in [-0.3, -0.25) is 0 Å². The van der Waals surface area contributed by atoms with Crippen molar-refractivity contribution in [3.05, 3.63) is 0 Å². The van der Waals surface area contributed by atoms with Crippen LogP contribution in [0, 0.1) is 0 Å². The van der Waals surface area contributed by atoms with Crippen LogP contribution in [0.15, 0.2) is 0 Å². The second-order valence-corrected chi connectivity index (χ2v) is 4.84. The molecule has 1 aliphatic carbocycles. The summed E-state index contributed by atoms with van der Waals surface area (Å²) in [6, 6.07) is 0.574. The Balaban J connectivity index is 2.30. The number of nitrogens with zero attached hydrogens (tertiary/aromatic N) is 1. The maximum Gasteiger partial charge on any atom is 0.317 e. The van der Waals surface area contributed by atoms with Crippen molar-refractivity contribution >= 4 is 6.03 Å². The molecule has 3 nitrogen and oxygen atoms in total. The summed E-state index contributed by atoms with van der Waals surface area (Å²) in [7, 11) is 1.94. The molecule has 1 rings (SSSR count). The molecule has 1 saturated carbocycles. The Morgan fingerprint density at radius 3 is 2.44 bits per heavy atom. The number of carbonyl (C=O) groups excluding carboxylic acids is 1. The number of hydrogen-bond donors (Lipinski definition) is 1. The van der Waals surface area contributed by atoms with E-state index in [0.717, 1.165) is 19.4 Å². The predicted molar refractivity (Wildman–Crippen MR) is 67.6 cm³/mol. The lowest BCUT2D eigenvalue weighted by Crippen LogP contribution is -2.43. The van der Waals surface area contributed by atoms with Gasteiger partial charge in [0.2, 0.25) is 0 Å². The van der Waals surface area contributed by atoms with Gasteiger partial charge in [0.05, 0.1) is 0 Å². The first kappa shape index (κ1) is 13.3. The van der Waals surface area contributed by atoms with E-state index in [4.69, 9.17) is 0 Å². The lowest BCUT2D eigenvalue weighted by Gasteiger charge is -2.27. The molecule has 1 N–H and O–H groups in total. The minimum absolute atomic E-state index is 0.111. The molecular weight excluding hydrogens is 200 g/mol. The van der Waals surface area contributed by atoms with Crippen molar-refractivity contribution in [1.82, 2.24) is 10.2 Å². The summed E-state index contributed by atoms with van der Waals surface area (Å²) in [6.45, 7) is 2.95. The van der Waals surface area contributed by atoms with Crippen LogP contribution in [0.2, 0.25) is 0 Å². The van der Waals surface area contributed by atoms with Gasteiger partial charge in [-0.25, -0.2) is 4.79 Å². The number of unbranched alkanes of at least 4 members (excludes halogenated alkanes) is 1. The van der Waals surface area contributed by atoms with Gasteiger partial charge in [-0.1, -0.05) is 39.0 Å². The van der Waals surface area contributed by atoms with E-state index < -0.39 is 0 Å². The van der Waals surface area contributed by atoms with Crippen LogP contribution in [0.1, 0.15) is 58.3 Å². The zero-order valence-electron chi connectivity index (χ0n) is 10.8. The van der Waals surface area contributed by atoms with Crippen LogP contribution in [0.5, 0.6) is 0 Å². The van der Waals surface area contributed by atoms with E-state index in [1.54, 1.807) is 0 Å². The Labute approximate surface area is 99.6 Å². The second kappa shape index (κ2) is 7.53. The van der Waals surface area contributed by atoms with E-state index in [9.17, 15) is 4.79 Å². The molecule has 0 radical (unpaired) electrons. The van der Waals surface area contributed by atoms with Crippen molar-refractivity contribution in [3.63, 3.8) is 0 Å². The van der Waals surface area contributed by atoms with E-state index >= 15 is 0 Å². The second-order valence-electron chi connectivity index (χ2n) is 4.84. The highest BCUT2D eigenvalue weighted by atomic mass is 16.2. The van der Waals surface area contributed by atoms with Crippen LogP contribution >= 0.6 is 0 Å². The van der Waals surface area contributed by atoms with Gasteiger partial charge >= 0.3 is 6.03 Å². The SMILES string of the molecule is CCCCNC(=O)N(C)C1CCCCCC1. The molecular formula is C13H26N2O. The number of amides is 2. The molecule has 0 heterocycles. The van der Waals surface area contributed by atoms with Gasteiger partial charge in [0, 0.05) is 19.6 Å². The first-order valence-corrected chi connectivity index (χ1v) is 6.76. The molecule has 2 amide bonds. The quantitative estimate of drug-likeness (QED) is 0.579. The molecule has 1 aliphatic rings. The lowest BCUT2D eigenvalue weighted by molar-refractivity contribution is 0.184. The van der Waals surface area contributed by atoms with Crippen molar-refractivity contribution in [2.75, 3.05) is 13.6 Å². The minimum atomic E-state index is 0.111. The van der Waals surface area contributed by atoms with Crippen LogP contribution in [0.3, 0.4) is 0 Å². The largest absolute Gasteiger partial charge is 0.338 e. The molecule has 0 spiro atoms. The van der Waals surface area contributed by atoms with Crippen LogP contribution < -0.4 is 5.32 Å². The van der Waals surface area contributed by atoms with Crippen LogP contribution in [-0.2, 0) is 0 Å². The van der Waals surface area contributed by atoms with E-state index in [0.29, 0.717) is 6.04 Å². The first-order valence-electron chi connectivity index (χ1n) is 6.76. The van der Waals surface area contributed by atoms with Gasteiger partial charge in [0.1, 0.15) is 0 Å². The highest BCUT2D eigenvalue weighted by molar-refractivity contribution is 5.74. The monoisotopic (exact) mass is 226 g/mol.